The van der Waals surface area contributed by atoms with E-state index in [0.717, 1.165) is 6.54 Å². The lowest BCUT2D eigenvalue weighted by Crippen LogP contribution is -2.33. The normalized spacial score (nSPS) is 14.8. The van der Waals surface area contributed by atoms with Crippen LogP contribution in [0.1, 0.15) is 44.4 Å². The van der Waals surface area contributed by atoms with Gasteiger partial charge < -0.3 is 5.32 Å². The molecule has 1 aromatic carbocycles. The van der Waals surface area contributed by atoms with E-state index in [1.165, 1.54) is 27.8 Å². The van der Waals surface area contributed by atoms with Gasteiger partial charge in [0.15, 0.2) is 0 Å². The van der Waals surface area contributed by atoms with Gasteiger partial charge in [-0.2, -0.15) is 0 Å². The Bertz CT molecular complexity index is 450. The summed E-state index contributed by atoms with van der Waals surface area (Å²) in [6.45, 7) is 7.87. The summed E-state index contributed by atoms with van der Waals surface area (Å²) in [4.78, 5) is 1.51. The first-order valence-electron chi connectivity index (χ1n) is 6.98. The molecule has 1 nitrogen and oxygen atoms in total. The van der Waals surface area contributed by atoms with Crippen molar-refractivity contribution >= 4 is 21.4 Å². The number of rotatable bonds is 6. The second-order valence-corrected chi connectivity index (χ2v) is 6.04. The molecule has 18 heavy (non-hydrogen) atoms. The van der Waals surface area contributed by atoms with E-state index in [-0.39, 0.29) is 0 Å². The highest BCUT2D eigenvalue weighted by atomic mass is 32.1. The molecule has 1 N–H and O–H groups in total. The van der Waals surface area contributed by atoms with Crippen LogP contribution in [0.15, 0.2) is 30.3 Å². The van der Waals surface area contributed by atoms with Crippen LogP contribution < -0.4 is 5.32 Å². The van der Waals surface area contributed by atoms with Gasteiger partial charge in [0.1, 0.15) is 0 Å². The molecule has 0 bridgehead atoms. The molecule has 98 valence electrons. The van der Waals surface area contributed by atoms with Gasteiger partial charge in [0, 0.05) is 21.5 Å². The van der Waals surface area contributed by atoms with Gasteiger partial charge in [-0.1, -0.05) is 45.4 Å². The van der Waals surface area contributed by atoms with Crippen molar-refractivity contribution in [3.05, 3.63) is 35.2 Å². The predicted molar refractivity (Wildman–Crippen MR) is 82.6 cm³/mol. The molecule has 2 atom stereocenters. The van der Waals surface area contributed by atoms with Gasteiger partial charge in [-0.25, -0.2) is 0 Å². The van der Waals surface area contributed by atoms with Crippen LogP contribution in [-0.2, 0) is 0 Å². The minimum absolute atomic E-state index is 0.599. The lowest BCUT2D eigenvalue weighted by Gasteiger charge is -2.23. The van der Waals surface area contributed by atoms with E-state index in [0.29, 0.717) is 12.0 Å². The molecule has 2 rings (SSSR count). The smallest absolute Gasteiger partial charge is 0.0345 e. The molecule has 0 spiro atoms. The number of benzene rings is 1. The summed E-state index contributed by atoms with van der Waals surface area (Å²) in [5.41, 5.74) is 0. The van der Waals surface area contributed by atoms with Crippen LogP contribution in [0, 0.1) is 0 Å². The van der Waals surface area contributed by atoms with Crippen molar-refractivity contribution in [2.75, 3.05) is 6.54 Å². The van der Waals surface area contributed by atoms with Crippen molar-refractivity contribution in [1.82, 2.24) is 5.32 Å². The first kappa shape index (κ1) is 13.6. The molecule has 0 aliphatic rings. The number of likely N-dealkylation sites (N-methyl/N-ethyl adjacent to an activating group) is 1. The summed E-state index contributed by atoms with van der Waals surface area (Å²) in [7, 11) is 0. The molecule has 2 unspecified atom stereocenters. The van der Waals surface area contributed by atoms with Crippen molar-refractivity contribution in [2.24, 2.45) is 0 Å². The molecule has 0 saturated carbocycles. The highest BCUT2D eigenvalue weighted by Crippen LogP contribution is 2.33. The van der Waals surface area contributed by atoms with Gasteiger partial charge in [0.2, 0.25) is 0 Å². The molecule has 0 amide bonds. The number of hydrogen-bond donors (Lipinski definition) is 1. The molecule has 0 saturated heterocycles. The maximum absolute atomic E-state index is 3.63. The topological polar surface area (TPSA) is 12.0 Å². The maximum Gasteiger partial charge on any atom is 0.0345 e. The Hall–Kier alpha value is -0.860. The van der Waals surface area contributed by atoms with Crippen LogP contribution in [0.2, 0.25) is 0 Å². The molecular formula is C16H23NS. The lowest BCUT2D eigenvalue weighted by atomic mass is 9.96. The zero-order chi connectivity index (χ0) is 13.0. The predicted octanol–water partition coefficient (Wildman–Crippen LogP) is 4.78. The maximum atomic E-state index is 3.63. The average Bonchev–Trinajstić information content (AvgIpc) is 2.81. The minimum atomic E-state index is 0.599. The standard InChI is InChI=1S/C16H23NS/c1-4-8-14(17-5-2)12(3)16-11-13-9-6-7-10-15(13)18-16/h6-7,9-12,14,17H,4-5,8H2,1-3H3. The summed E-state index contributed by atoms with van der Waals surface area (Å²) in [5, 5.41) is 5.02. The van der Waals surface area contributed by atoms with Crippen molar-refractivity contribution in [3.63, 3.8) is 0 Å². The van der Waals surface area contributed by atoms with Gasteiger partial charge in [0.25, 0.3) is 0 Å². The summed E-state index contributed by atoms with van der Waals surface area (Å²) in [5.74, 6) is 0.599. The average molecular weight is 261 g/mol. The summed E-state index contributed by atoms with van der Waals surface area (Å²) >= 11 is 1.95. The van der Waals surface area contributed by atoms with Crippen molar-refractivity contribution in [2.45, 2.75) is 45.6 Å². The summed E-state index contributed by atoms with van der Waals surface area (Å²) < 4.78 is 1.41. The van der Waals surface area contributed by atoms with Gasteiger partial charge in [-0.15, -0.1) is 11.3 Å². The summed E-state index contributed by atoms with van der Waals surface area (Å²) in [6, 6.07) is 11.7. The van der Waals surface area contributed by atoms with E-state index in [1.54, 1.807) is 0 Å². The van der Waals surface area contributed by atoms with Crippen LogP contribution in [0.4, 0.5) is 0 Å². The first-order valence-corrected chi connectivity index (χ1v) is 7.79. The number of fused-ring (bicyclic) bond motifs is 1. The van der Waals surface area contributed by atoms with E-state index in [1.807, 2.05) is 11.3 Å². The van der Waals surface area contributed by atoms with Gasteiger partial charge in [-0.05, 0) is 30.5 Å². The Morgan fingerprint density at radius 1 is 1.22 bits per heavy atom. The van der Waals surface area contributed by atoms with E-state index in [4.69, 9.17) is 0 Å². The monoisotopic (exact) mass is 261 g/mol. The molecular weight excluding hydrogens is 238 g/mol. The molecule has 2 heteroatoms. The fourth-order valence-electron chi connectivity index (χ4n) is 2.53. The highest BCUT2D eigenvalue weighted by molar-refractivity contribution is 7.19. The second-order valence-electron chi connectivity index (χ2n) is 4.93. The van der Waals surface area contributed by atoms with Crippen molar-refractivity contribution < 1.29 is 0 Å². The van der Waals surface area contributed by atoms with E-state index < -0.39 is 0 Å². The third-order valence-electron chi connectivity index (χ3n) is 3.56. The Balaban J connectivity index is 2.22. The zero-order valence-electron chi connectivity index (χ0n) is 11.6. The molecule has 0 radical (unpaired) electrons. The molecule has 0 fully saturated rings. The Morgan fingerprint density at radius 2 is 2.00 bits per heavy atom. The van der Waals surface area contributed by atoms with E-state index in [9.17, 15) is 0 Å². The van der Waals surface area contributed by atoms with Gasteiger partial charge in [0.05, 0.1) is 0 Å². The van der Waals surface area contributed by atoms with Crippen LogP contribution >= 0.6 is 11.3 Å². The third-order valence-corrected chi connectivity index (χ3v) is 4.88. The number of hydrogen-bond acceptors (Lipinski definition) is 2. The van der Waals surface area contributed by atoms with E-state index >= 15 is 0 Å². The van der Waals surface area contributed by atoms with Gasteiger partial charge in [-0.3, -0.25) is 0 Å². The number of nitrogens with one attached hydrogen (secondary N) is 1. The van der Waals surface area contributed by atoms with Gasteiger partial charge >= 0.3 is 0 Å². The Morgan fingerprint density at radius 3 is 2.67 bits per heavy atom. The quantitative estimate of drug-likeness (QED) is 0.789. The SMILES string of the molecule is CCCC(NCC)C(C)c1cc2ccccc2s1. The largest absolute Gasteiger partial charge is 0.314 e. The van der Waals surface area contributed by atoms with Crippen molar-refractivity contribution in [1.29, 1.82) is 0 Å². The minimum Gasteiger partial charge on any atom is -0.314 e. The molecule has 1 heterocycles. The second kappa shape index (κ2) is 6.35. The Labute approximate surface area is 114 Å². The molecule has 2 aromatic rings. The van der Waals surface area contributed by atoms with Crippen LogP contribution in [0.3, 0.4) is 0 Å². The zero-order valence-corrected chi connectivity index (χ0v) is 12.4. The van der Waals surface area contributed by atoms with Crippen molar-refractivity contribution in [3.8, 4) is 0 Å². The summed E-state index contributed by atoms with van der Waals surface area (Å²) in [6.07, 6.45) is 2.50. The lowest BCUT2D eigenvalue weighted by molar-refractivity contribution is 0.433. The Kier molecular flexibility index (Phi) is 4.79. The van der Waals surface area contributed by atoms with Crippen LogP contribution in [-0.4, -0.2) is 12.6 Å². The molecule has 0 aliphatic heterocycles. The molecule has 1 aromatic heterocycles. The highest BCUT2D eigenvalue weighted by Gasteiger charge is 2.19. The molecule has 0 aliphatic carbocycles. The fourth-order valence-corrected chi connectivity index (χ4v) is 3.71. The van der Waals surface area contributed by atoms with E-state index in [2.05, 4.69) is 56.4 Å². The first-order chi connectivity index (χ1) is 8.76. The number of thiophene rings is 1. The third kappa shape index (κ3) is 2.93. The van der Waals surface area contributed by atoms with Crippen LogP contribution in [0.25, 0.3) is 10.1 Å². The fraction of sp³-hybridized carbons (Fsp3) is 0.500. The van der Waals surface area contributed by atoms with Crippen LogP contribution in [0.5, 0.6) is 0 Å².